The molecule has 1 N–H and O–H groups in total. The highest BCUT2D eigenvalue weighted by Gasteiger charge is 2.34. The smallest absolute Gasteiger partial charge is 0.220 e. The van der Waals surface area contributed by atoms with Crippen molar-refractivity contribution in [2.45, 2.75) is 57.2 Å². The van der Waals surface area contributed by atoms with Crippen molar-refractivity contribution in [3.05, 3.63) is 28.2 Å². The van der Waals surface area contributed by atoms with Gasteiger partial charge in [-0.1, -0.05) is 30.1 Å². The first-order valence-electron chi connectivity index (χ1n) is 8.48. The van der Waals surface area contributed by atoms with Gasteiger partial charge in [0.1, 0.15) is 11.9 Å². The molecule has 0 aromatic heterocycles. The highest BCUT2D eigenvalue weighted by Crippen LogP contribution is 2.32. The number of rotatable bonds is 6. The Bertz CT molecular complexity index is 569. The van der Waals surface area contributed by atoms with Crippen LogP contribution in [0, 0.1) is 0 Å². The second kappa shape index (κ2) is 10.5. The Balaban J connectivity index is 0.00000312. The third kappa shape index (κ3) is 6.52. The Morgan fingerprint density at radius 3 is 2.64 bits per heavy atom. The van der Waals surface area contributed by atoms with E-state index in [2.05, 4.69) is 10.2 Å². The molecule has 1 aliphatic rings. The zero-order chi connectivity index (χ0) is 17.7. The summed E-state index contributed by atoms with van der Waals surface area (Å²) in [7, 11) is 4.09. The van der Waals surface area contributed by atoms with E-state index in [1.807, 2.05) is 27.1 Å². The second-order valence-electron chi connectivity index (χ2n) is 6.58. The van der Waals surface area contributed by atoms with E-state index in [4.69, 9.17) is 27.9 Å². The number of nitrogens with one attached hydrogen (secondary N) is 1. The lowest BCUT2D eigenvalue weighted by Gasteiger charge is -2.40. The topological polar surface area (TPSA) is 41.6 Å². The van der Waals surface area contributed by atoms with Gasteiger partial charge in [-0.2, -0.15) is 0 Å². The van der Waals surface area contributed by atoms with Crippen LogP contribution in [0.4, 0.5) is 0 Å². The molecule has 1 saturated carbocycles. The number of nitrogens with zero attached hydrogens (tertiary/aromatic N) is 1. The lowest BCUT2D eigenvalue weighted by atomic mass is 9.87. The number of carbonyl (C=O) groups is 1. The molecule has 1 aromatic carbocycles. The van der Waals surface area contributed by atoms with Crippen molar-refractivity contribution in [2.24, 2.45) is 0 Å². The zero-order valence-corrected chi connectivity index (χ0v) is 17.3. The first kappa shape index (κ1) is 22.4. The van der Waals surface area contributed by atoms with E-state index in [9.17, 15) is 4.79 Å². The van der Waals surface area contributed by atoms with Crippen LogP contribution >= 0.6 is 35.6 Å². The molecule has 0 aliphatic heterocycles. The van der Waals surface area contributed by atoms with Gasteiger partial charge in [0.15, 0.2) is 0 Å². The van der Waals surface area contributed by atoms with Crippen LogP contribution in [0.15, 0.2) is 18.2 Å². The van der Waals surface area contributed by atoms with Gasteiger partial charge in [-0.25, -0.2) is 0 Å². The zero-order valence-electron chi connectivity index (χ0n) is 14.9. The quantitative estimate of drug-likeness (QED) is 0.748. The second-order valence-corrected chi connectivity index (χ2v) is 7.43. The molecule has 0 bridgehead atoms. The molecule has 1 aromatic rings. The van der Waals surface area contributed by atoms with Gasteiger partial charge in [-0.15, -0.1) is 12.4 Å². The molecule has 142 valence electrons. The van der Waals surface area contributed by atoms with E-state index in [-0.39, 0.29) is 36.5 Å². The molecule has 1 fully saturated rings. The minimum Gasteiger partial charge on any atom is -0.489 e. The number of carbonyl (C=O) groups excluding carboxylic acids is 1. The van der Waals surface area contributed by atoms with E-state index >= 15 is 0 Å². The molecule has 25 heavy (non-hydrogen) atoms. The standard InChI is InChI=1S/C18H26Cl2N2O2.ClH/c1-4-5-18(23)21-15-8-7-13(11-16(15)22(2)3)24-17-9-6-12(19)10-14(17)20;/h6,9-10,13,15-16H,4-5,7-8,11H2,1-3H3,(H,21,23);1H. The molecule has 3 atom stereocenters. The summed E-state index contributed by atoms with van der Waals surface area (Å²) >= 11 is 12.1. The molecule has 7 heteroatoms. The third-order valence-electron chi connectivity index (χ3n) is 4.44. The Labute approximate surface area is 166 Å². The number of hydrogen-bond donors (Lipinski definition) is 1. The van der Waals surface area contributed by atoms with Gasteiger partial charge >= 0.3 is 0 Å². The van der Waals surface area contributed by atoms with E-state index in [1.165, 1.54) is 0 Å². The SMILES string of the molecule is CCCC(=O)NC1CCC(Oc2ccc(Cl)cc2Cl)CC1N(C)C.Cl. The summed E-state index contributed by atoms with van der Waals surface area (Å²) < 4.78 is 6.09. The predicted octanol–water partition coefficient (Wildman–Crippen LogP) is 4.56. The van der Waals surface area contributed by atoms with Gasteiger partial charge in [-0.05, 0) is 51.6 Å². The van der Waals surface area contributed by atoms with Crippen LogP contribution in [0.3, 0.4) is 0 Å². The van der Waals surface area contributed by atoms with Gasteiger partial charge in [0.2, 0.25) is 5.91 Å². The van der Waals surface area contributed by atoms with E-state index < -0.39 is 0 Å². The van der Waals surface area contributed by atoms with Crippen molar-refractivity contribution in [3.8, 4) is 5.75 Å². The summed E-state index contributed by atoms with van der Waals surface area (Å²) in [6.07, 6.45) is 4.16. The molecule has 0 heterocycles. The molecule has 3 unspecified atom stereocenters. The van der Waals surface area contributed by atoms with Crippen LogP contribution in [-0.2, 0) is 4.79 Å². The number of ether oxygens (including phenoxy) is 1. The number of likely N-dealkylation sites (N-methyl/N-ethyl adjacent to an activating group) is 1. The van der Waals surface area contributed by atoms with Gasteiger partial charge in [0.05, 0.1) is 5.02 Å². The van der Waals surface area contributed by atoms with Crippen LogP contribution in [0.25, 0.3) is 0 Å². The molecular weight excluding hydrogens is 383 g/mol. The molecule has 0 saturated heterocycles. The fourth-order valence-corrected chi connectivity index (χ4v) is 3.66. The van der Waals surface area contributed by atoms with E-state index in [0.717, 1.165) is 25.7 Å². The summed E-state index contributed by atoms with van der Waals surface area (Å²) in [5.74, 6) is 0.798. The summed E-state index contributed by atoms with van der Waals surface area (Å²) in [6, 6.07) is 5.70. The summed E-state index contributed by atoms with van der Waals surface area (Å²) in [5.41, 5.74) is 0. The lowest BCUT2D eigenvalue weighted by molar-refractivity contribution is -0.122. The van der Waals surface area contributed by atoms with Crippen LogP contribution in [0.2, 0.25) is 10.0 Å². The monoisotopic (exact) mass is 408 g/mol. The van der Waals surface area contributed by atoms with Crippen LogP contribution in [0.5, 0.6) is 5.75 Å². The van der Waals surface area contributed by atoms with Crippen LogP contribution < -0.4 is 10.1 Å². The minimum absolute atomic E-state index is 0. The van der Waals surface area contributed by atoms with E-state index in [1.54, 1.807) is 12.1 Å². The predicted molar refractivity (Wildman–Crippen MR) is 106 cm³/mol. The highest BCUT2D eigenvalue weighted by atomic mass is 35.5. The van der Waals surface area contributed by atoms with Crippen molar-refractivity contribution in [3.63, 3.8) is 0 Å². The Morgan fingerprint density at radius 1 is 1.32 bits per heavy atom. The summed E-state index contributed by atoms with van der Waals surface area (Å²) in [4.78, 5) is 14.1. The van der Waals surface area contributed by atoms with Gasteiger partial charge in [0, 0.05) is 29.9 Å². The molecule has 1 aliphatic carbocycles. The van der Waals surface area contributed by atoms with Crippen LogP contribution in [-0.4, -0.2) is 43.1 Å². The maximum Gasteiger partial charge on any atom is 0.220 e. The fourth-order valence-electron chi connectivity index (χ4n) is 3.21. The largest absolute Gasteiger partial charge is 0.489 e. The Morgan fingerprint density at radius 2 is 2.04 bits per heavy atom. The van der Waals surface area contributed by atoms with E-state index in [0.29, 0.717) is 22.2 Å². The molecule has 0 radical (unpaired) electrons. The molecule has 1 amide bonds. The molecule has 0 spiro atoms. The summed E-state index contributed by atoms with van der Waals surface area (Å²) in [6.45, 7) is 2.02. The summed E-state index contributed by atoms with van der Waals surface area (Å²) in [5, 5.41) is 4.30. The number of hydrogen-bond acceptors (Lipinski definition) is 3. The maximum absolute atomic E-state index is 11.9. The van der Waals surface area contributed by atoms with Crippen LogP contribution in [0.1, 0.15) is 39.0 Å². The number of benzene rings is 1. The van der Waals surface area contributed by atoms with Crippen molar-refractivity contribution in [1.82, 2.24) is 10.2 Å². The van der Waals surface area contributed by atoms with Crippen molar-refractivity contribution in [2.75, 3.05) is 14.1 Å². The highest BCUT2D eigenvalue weighted by molar-refractivity contribution is 6.35. The Hall–Kier alpha value is -0.680. The fraction of sp³-hybridized carbons (Fsp3) is 0.611. The van der Waals surface area contributed by atoms with Crippen molar-refractivity contribution >= 4 is 41.5 Å². The first-order valence-corrected chi connectivity index (χ1v) is 9.23. The third-order valence-corrected chi connectivity index (χ3v) is 4.97. The normalized spacial score (nSPS) is 23.0. The van der Waals surface area contributed by atoms with Crippen molar-refractivity contribution < 1.29 is 9.53 Å². The number of amides is 1. The molecule has 4 nitrogen and oxygen atoms in total. The maximum atomic E-state index is 11.9. The van der Waals surface area contributed by atoms with Gasteiger partial charge in [0.25, 0.3) is 0 Å². The minimum atomic E-state index is 0. The molecular formula is C18H27Cl3N2O2. The first-order chi connectivity index (χ1) is 11.4. The average Bonchev–Trinajstić information content (AvgIpc) is 2.51. The van der Waals surface area contributed by atoms with Gasteiger partial charge in [-0.3, -0.25) is 4.79 Å². The number of halogens is 3. The van der Waals surface area contributed by atoms with Crippen molar-refractivity contribution in [1.29, 1.82) is 0 Å². The lowest BCUT2D eigenvalue weighted by Crippen LogP contribution is -2.54. The average molecular weight is 410 g/mol. The molecule has 2 rings (SSSR count). The Kier molecular flexibility index (Phi) is 9.36. The van der Waals surface area contributed by atoms with Gasteiger partial charge < -0.3 is 15.0 Å².